The van der Waals surface area contributed by atoms with E-state index in [1.54, 1.807) is 0 Å². The first-order valence-corrected chi connectivity index (χ1v) is 7.57. The van der Waals surface area contributed by atoms with Gasteiger partial charge in [-0.1, -0.05) is 23.2 Å². The molecular formula is C16H11Cl2NO6. The Labute approximate surface area is 152 Å². The number of ketones is 1. The van der Waals surface area contributed by atoms with Gasteiger partial charge in [-0.3, -0.25) is 14.9 Å². The molecule has 2 aromatic carbocycles. The van der Waals surface area contributed by atoms with Crippen molar-refractivity contribution in [1.82, 2.24) is 0 Å². The second kappa shape index (κ2) is 7.96. The summed E-state index contributed by atoms with van der Waals surface area (Å²) in [6, 6.07) is 7.86. The molecule has 0 bridgehead atoms. The maximum atomic E-state index is 12.1. The van der Waals surface area contributed by atoms with Crippen LogP contribution in [0.2, 0.25) is 10.0 Å². The topological polar surface area (TPSA) is 95.7 Å². The van der Waals surface area contributed by atoms with Gasteiger partial charge in [0.05, 0.1) is 27.6 Å². The number of ether oxygens (including phenoxy) is 2. The van der Waals surface area contributed by atoms with Crippen molar-refractivity contribution >= 4 is 40.6 Å². The normalized spacial score (nSPS) is 10.2. The number of nitro benzene ring substituents is 1. The first-order valence-electron chi connectivity index (χ1n) is 6.81. The zero-order valence-corrected chi connectivity index (χ0v) is 14.3. The van der Waals surface area contributed by atoms with Crippen LogP contribution in [0.3, 0.4) is 0 Å². The van der Waals surface area contributed by atoms with Gasteiger partial charge in [0, 0.05) is 11.6 Å². The average Bonchev–Trinajstić information content (AvgIpc) is 2.61. The van der Waals surface area contributed by atoms with E-state index in [0.29, 0.717) is 5.02 Å². The van der Waals surface area contributed by atoms with E-state index in [9.17, 15) is 19.7 Å². The van der Waals surface area contributed by atoms with Crippen molar-refractivity contribution in [2.75, 3.05) is 13.7 Å². The van der Waals surface area contributed by atoms with Crippen LogP contribution in [0, 0.1) is 10.1 Å². The number of carbonyl (C=O) groups excluding carboxylic acids is 2. The lowest BCUT2D eigenvalue weighted by atomic mass is 10.1. The summed E-state index contributed by atoms with van der Waals surface area (Å²) in [5.41, 5.74) is -0.203. The lowest BCUT2D eigenvalue weighted by molar-refractivity contribution is -0.385. The van der Waals surface area contributed by atoms with Gasteiger partial charge in [0.1, 0.15) is 0 Å². The molecule has 0 radical (unpaired) electrons. The molecule has 0 saturated heterocycles. The van der Waals surface area contributed by atoms with Gasteiger partial charge in [0.2, 0.25) is 0 Å². The van der Waals surface area contributed by atoms with Crippen molar-refractivity contribution < 1.29 is 24.0 Å². The molecule has 0 atom stereocenters. The highest BCUT2D eigenvalue weighted by molar-refractivity contribution is 6.42. The standard InChI is InChI=1S/C16H11Cl2NO6/c1-24-16(21)10-3-5-15(13(7-10)19(22)23)25-8-14(20)9-2-4-11(17)12(18)6-9/h2-7H,8H2,1H3. The molecule has 0 N–H and O–H groups in total. The number of nitrogens with zero attached hydrogens (tertiary/aromatic N) is 1. The SMILES string of the molecule is COC(=O)c1ccc(OCC(=O)c2ccc(Cl)c(Cl)c2)c([N+](=O)[O-])c1. The van der Waals surface area contributed by atoms with Crippen LogP contribution < -0.4 is 4.74 Å². The number of hydrogen-bond donors (Lipinski definition) is 0. The van der Waals surface area contributed by atoms with Crippen molar-refractivity contribution in [2.45, 2.75) is 0 Å². The highest BCUT2D eigenvalue weighted by Crippen LogP contribution is 2.29. The predicted molar refractivity (Wildman–Crippen MR) is 90.7 cm³/mol. The number of carbonyl (C=O) groups is 2. The molecule has 0 saturated carbocycles. The molecule has 0 aromatic heterocycles. The Morgan fingerprint density at radius 3 is 2.36 bits per heavy atom. The number of nitro groups is 1. The van der Waals surface area contributed by atoms with E-state index in [1.165, 1.54) is 30.3 Å². The van der Waals surface area contributed by atoms with Gasteiger partial charge >= 0.3 is 11.7 Å². The quantitative estimate of drug-likeness (QED) is 0.324. The third-order valence-corrected chi connectivity index (χ3v) is 3.92. The van der Waals surface area contributed by atoms with Gasteiger partial charge in [-0.25, -0.2) is 4.79 Å². The second-order valence-corrected chi connectivity index (χ2v) is 5.59. The van der Waals surface area contributed by atoms with E-state index >= 15 is 0 Å². The molecule has 0 spiro atoms. The van der Waals surface area contributed by atoms with Gasteiger partial charge < -0.3 is 9.47 Å². The largest absolute Gasteiger partial charge is 0.478 e. The lowest BCUT2D eigenvalue weighted by Crippen LogP contribution is -2.13. The number of hydrogen-bond acceptors (Lipinski definition) is 6. The van der Waals surface area contributed by atoms with Crippen molar-refractivity contribution in [3.05, 3.63) is 67.7 Å². The molecule has 0 aliphatic heterocycles. The molecule has 0 heterocycles. The summed E-state index contributed by atoms with van der Waals surface area (Å²) in [6.45, 7) is -0.448. The zero-order valence-electron chi connectivity index (χ0n) is 12.8. The van der Waals surface area contributed by atoms with Crippen molar-refractivity contribution in [2.24, 2.45) is 0 Å². The predicted octanol–water partition coefficient (Wildman–Crippen LogP) is 3.95. The summed E-state index contributed by atoms with van der Waals surface area (Å²) in [4.78, 5) is 34.0. The fourth-order valence-corrected chi connectivity index (χ4v) is 2.22. The van der Waals surface area contributed by atoms with Crippen LogP contribution in [-0.2, 0) is 4.74 Å². The Morgan fingerprint density at radius 2 is 1.76 bits per heavy atom. The van der Waals surface area contributed by atoms with Crippen molar-refractivity contribution in [3.63, 3.8) is 0 Å². The number of benzene rings is 2. The maximum absolute atomic E-state index is 12.1. The van der Waals surface area contributed by atoms with E-state index in [2.05, 4.69) is 4.74 Å². The number of rotatable bonds is 6. The Balaban J connectivity index is 2.19. The molecule has 0 fully saturated rings. The molecule has 0 aliphatic rings. The summed E-state index contributed by atoms with van der Waals surface area (Å²) < 4.78 is 9.74. The Bertz CT molecular complexity index is 853. The average molecular weight is 384 g/mol. The molecule has 130 valence electrons. The summed E-state index contributed by atoms with van der Waals surface area (Å²) in [5, 5.41) is 11.6. The van der Waals surface area contributed by atoms with Gasteiger partial charge in [-0.15, -0.1) is 0 Å². The van der Waals surface area contributed by atoms with E-state index in [0.717, 1.165) is 13.2 Å². The Kier molecular flexibility index (Phi) is 5.95. The van der Waals surface area contributed by atoms with Crippen LogP contribution in [0.4, 0.5) is 5.69 Å². The summed E-state index contributed by atoms with van der Waals surface area (Å²) in [7, 11) is 1.16. The molecule has 0 unspecified atom stereocenters. The number of Topliss-reactive ketones (excluding diaryl/α,β-unsaturated/α-hetero) is 1. The van der Waals surface area contributed by atoms with Crippen LogP contribution in [0.25, 0.3) is 0 Å². The molecule has 2 rings (SSSR count). The number of halogens is 2. The molecule has 0 amide bonds. The van der Waals surface area contributed by atoms with E-state index in [-0.39, 0.29) is 21.9 Å². The number of methoxy groups -OCH3 is 1. The minimum atomic E-state index is -0.721. The monoisotopic (exact) mass is 383 g/mol. The fraction of sp³-hybridized carbons (Fsp3) is 0.125. The smallest absolute Gasteiger partial charge is 0.338 e. The first kappa shape index (κ1) is 18.7. The third kappa shape index (κ3) is 4.46. The minimum Gasteiger partial charge on any atom is -0.478 e. The van der Waals surface area contributed by atoms with Crippen LogP contribution >= 0.6 is 23.2 Å². The van der Waals surface area contributed by atoms with Crippen molar-refractivity contribution in [3.8, 4) is 5.75 Å². The number of esters is 1. The lowest BCUT2D eigenvalue weighted by Gasteiger charge is -2.08. The van der Waals surface area contributed by atoms with Crippen LogP contribution in [0.15, 0.2) is 36.4 Å². The van der Waals surface area contributed by atoms with E-state index in [4.69, 9.17) is 27.9 Å². The molecule has 7 nitrogen and oxygen atoms in total. The molecule has 2 aromatic rings. The summed E-state index contributed by atoms with van der Waals surface area (Å²) in [6.07, 6.45) is 0. The molecule has 0 aliphatic carbocycles. The fourth-order valence-electron chi connectivity index (χ4n) is 1.92. The van der Waals surface area contributed by atoms with E-state index < -0.39 is 29.0 Å². The first-order chi connectivity index (χ1) is 11.8. The highest BCUT2D eigenvalue weighted by atomic mass is 35.5. The zero-order chi connectivity index (χ0) is 18.6. The van der Waals surface area contributed by atoms with E-state index in [1.807, 2.05) is 0 Å². The maximum Gasteiger partial charge on any atom is 0.338 e. The Morgan fingerprint density at radius 1 is 1.08 bits per heavy atom. The van der Waals surface area contributed by atoms with Gasteiger partial charge in [-0.05, 0) is 30.3 Å². The Hall–Kier alpha value is -2.64. The minimum absolute atomic E-state index is 0.00244. The van der Waals surface area contributed by atoms with Crippen molar-refractivity contribution in [1.29, 1.82) is 0 Å². The van der Waals surface area contributed by atoms with Gasteiger partial charge in [-0.2, -0.15) is 0 Å². The molecule has 25 heavy (non-hydrogen) atoms. The second-order valence-electron chi connectivity index (χ2n) is 4.77. The van der Waals surface area contributed by atoms with Gasteiger partial charge in [0.15, 0.2) is 18.1 Å². The third-order valence-electron chi connectivity index (χ3n) is 3.18. The van der Waals surface area contributed by atoms with Gasteiger partial charge in [0.25, 0.3) is 0 Å². The van der Waals surface area contributed by atoms with Crippen LogP contribution in [0.1, 0.15) is 20.7 Å². The summed E-state index contributed by atoms with van der Waals surface area (Å²) in [5.74, 6) is -1.31. The van der Waals surface area contributed by atoms with Crippen LogP contribution in [0.5, 0.6) is 5.75 Å². The van der Waals surface area contributed by atoms with Crippen LogP contribution in [-0.4, -0.2) is 30.4 Å². The molecule has 9 heteroatoms. The summed E-state index contributed by atoms with van der Waals surface area (Å²) >= 11 is 11.6. The highest BCUT2D eigenvalue weighted by Gasteiger charge is 2.20. The molecular weight excluding hydrogens is 373 g/mol.